The van der Waals surface area contributed by atoms with Crippen LogP contribution in [-0.2, 0) is 7.05 Å². The molecule has 3 rings (SSSR count). The Morgan fingerprint density at radius 1 is 1.16 bits per heavy atom. The molecule has 19 heavy (non-hydrogen) atoms. The van der Waals surface area contributed by atoms with Gasteiger partial charge in [-0.1, -0.05) is 18.2 Å². The Bertz CT molecular complexity index is 709. The van der Waals surface area contributed by atoms with Crippen molar-refractivity contribution in [2.24, 2.45) is 7.05 Å². The predicted molar refractivity (Wildman–Crippen MR) is 74.9 cm³/mol. The number of para-hydroxylation sites is 1. The third kappa shape index (κ3) is 1.79. The summed E-state index contributed by atoms with van der Waals surface area (Å²) in [5, 5.41) is 4.59. The lowest BCUT2D eigenvalue weighted by molar-refractivity contribution is 0.869. The number of rotatable bonds is 2. The maximum atomic E-state index is 6.16. The highest BCUT2D eigenvalue weighted by atomic mass is 15.3. The van der Waals surface area contributed by atoms with Crippen LogP contribution in [-0.4, -0.2) is 19.3 Å². The van der Waals surface area contributed by atoms with Crippen molar-refractivity contribution < 1.29 is 0 Å². The number of aryl methyl sites for hydroxylation is 1. The Balaban J connectivity index is 2.18. The predicted octanol–water partition coefficient (Wildman–Crippen LogP) is 2.16. The fourth-order valence-electron chi connectivity index (χ4n) is 2.08. The first-order valence-corrected chi connectivity index (χ1v) is 6.06. The first kappa shape index (κ1) is 11.5. The molecule has 0 fully saturated rings. The first-order valence-electron chi connectivity index (χ1n) is 6.06. The zero-order valence-corrected chi connectivity index (χ0v) is 10.9. The van der Waals surface area contributed by atoms with Gasteiger partial charge in [-0.25, -0.2) is 9.67 Å². The molecular weight excluding hydrogens is 238 g/mol. The molecular formula is C14H15N5. The molecule has 2 heterocycles. The number of imidazole rings is 1. The van der Waals surface area contributed by atoms with Gasteiger partial charge < -0.3 is 10.3 Å². The van der Waals surface area contributed by atoms with Gasteiger partial charge in [0.15, 0.2) is 5.82 Å². The van der Waals surface area contributed by atoms with Gasteiger partial charge >= 0.3 is 0 Å². The molecule has 1 aromatic carbocycles. The molecule has 0 bridgehead atoms. The zero-order chi connectivity index (χ0) is 13.4. The molecule has 2 aromatic heterocycles. The van der Waals surface area contributed by atoms with Crippen LogP contribution in [0.2, 0.25) is 0 Å². The SMILES string of the molecule is Cc1c(-c2nccn2C)nn(-c2ccccc2)c1N. The highest BCUT2D eigenvalue weighted by Gasteiger charge is 2.17. The van der Waals surface area contributed by atoms with E-state index in [9.17, 15) is 0 Å². The minimum atomic E-state index is 0.643. The summed E-state index contributed by atoms with van der Waals surface area (Å²) in [4.78, 5) is 4.33. The van der Waals surface area contributed by atoms with Crippen molar-refractivity contribution in [1.29, 1.82) is 0 Å². The second-order valence-corrected chi connectivity index (χ2v) is 4.47. The van der Waals surface area contributed by atoms with E-state index in [0.717, 1.165) is 22.8 Å². The summed E-state index contributed by atoms with van der Waals surface area (Å²) >= 11 is 0. The molecule has 0 spiro atoms. The second-order valence-electron chi connectivity index (χ2n) is 4.47. The molecule has 96 valence electrons. The standard InChI is InChI=1S/C14H15N5/c1-10-12(14-16-8-9-18(14)2)17-19(13(10)15)11-6-4-3-5-7-11/h3-9H,15H2,1-2H3. The normalized spacial score (nSPS) is 10.8. The van der Waals surface area contributed by atoms with Crippen molar-refractivity contribution >= 4 is 5.82 Å². The molecule has 0 atom stereocenters. The number of hydrogen-bond donors (Lipinski definition) is 1. The molecule has 0 radical (unpaired) electrons. The average molecular weight is 253 g/mol. The number of nitrogens with two attached hydrogens (primary N) is 1. The Morgan fingerprint density at radius 3 is 2.53 bits per heavy atom. The number of anilines is 1. The Labute approximate surface area is 111 Å². The van der Waals surface area contributed by atoms with Crippen LogP contribution >= 0.6 is 0 Å². The molecule has 5 heteroatoms. The van der Waals surface area contributed by atoms with E-state index in [2.05, 4.69) is 10.1 Å². The largest absolute Gasteiger partial charge is 0.383 e. The van der Waals surface area contributed by atoms with Crippen LogP contribution in [0.5, 0.6) is 0 Å². The molecule has 0 saturated heterocycles. The van der Waals surface area contributed by atoms with Gasteiger partial charge in [-0.3, -0.25) is 0 Å². The summed E-state index contributed by atoms with van der Waals surface area (Å²) in [5.74, 6) is 1.46. The molecule has 0 aliphatic heterocycles. The van der Waals surface area contributed by atoms with Gasteiger partial charge in [0.05, 0.1) is 5.69 Å². The van der Waals surface area contributed by atoms with Gasteiger partial charge in [-0.15, -0.1) is 0 Å². The zero-order valence-electron chi connectivity index (χ0n) is 10.9. The summed E-state index contributed by atoms with van der Waals surface area (Å²) in [6.07, 6.45) is 3.65. The molecule has 0 unspecified atom stereocenters. The average Bonchev–Trinajstić information content (AvgIpc) is 2.97. The van der Waals surface area contributed by atoms with Gasteiger partial charge in [0.25, 0.3) is 0 Å². The molecule has 5 nitrogen and oxygen atoms in total. The number of nitrogens with zero attached hydrogens (tertiary/aromatic N) is 4. The smallest absolute Gasteiger partial charge is 0.160 e. The van der Waals surface area contributed by atoms with E-state index in [1.807, 2.05) is 55.1 Å². The maximum absolute atomic E-state index is 6.16. The first-order chi connectivity index (χ1) is 9.18. The van der Waals surface area contributed by atoms with Crippen molar-refractivity contribution in [1.82, 2.24) is 19.3 Å². The number of benzene rings is 1. The molecule has 0 saturated carbocycles. The quantitative estimate of drug-likeness (QED) is 0.761. The third-order valence-corrected chi connectivity index (χ3v) is 3.20. The van der Waals surface area contributed by atoms with Crippen LogP contribution in [0.15, 0.2) is 42.7 Å². The Morgan fingerprint density at radius 2 is 1.89 bits per heavy atom. The highest BCUT2D eigenvalue weighted by molar-refractivity contribution is 5.64. The third-order valence-electron chi connectivity index (χ3n) is 3.20. The van der Waals surface area contributed by atoms with Crippen LogP contribution < -0.4 is 5.73 Å². The summed E-state index contributed by atoms with van der Waals surface area (Å²) in [5.41, 5.74) is 8.86. The van der Waals surface area contributed by atoms with Gasteiger partial charge in [0.1, 0.15) is 11.5 Å². The minimum Gasteiger partial charge on any atom is -0.383 e. The van der Waals surface area contributed by atoms with Crippen molar-refractivity contribution in [2.45, 2.75) is 6.92 Å². The van der Waals surface area contributed by atoms with E-state index in [1.54, 1.807) is 10.9 Å². The topological polar surface area (TPSA) is 61.7 Å². The Kier molecular flexibility index (Phi) is 2.59. The molecule has 0 amide bonds. The van der Waals surface area contributed by atoms with Crippen LogP contribution in [0.25, 0.3) is 17.2 Å². The van der Waals surface area contributed by atoms with E-state index in [4.69, 9.17) is 5.73 Å². The minimum absolute atomic E-state index is 0.643. The lowest BCUT2D eigenvalue weighted by Crippen LogP contribution is -2.01. The highest BCUT2D eigenvalue weighted by Crippen LogP contribution is 2.26. The van der Waals surface area contributed by atoms with Gasteiger partial charge in [0.2, 0.25) is 0 Å². The molecule has 0 aliphatic rings. The van der Waals surface area contributed by atoms with Crippen molar-refractivity contribution in [3.8, 4) is 17.2 Å². The lowest BCUT2D eigenvalue weighted by Gasteiger charge is -2.02. The van der Waals surface area contributed by atoms with Crippen molar-refractivity contribution in [2.75, 3.05) is 5.73 Å². The van der Waals surface area contributed by atoms with Crippen molar-refractivity contribution in [3.63, 3.8) is 0 Å². The molecule has 2 N–H and O–H groups in total. The lowest BCUT2D eigenvalue weighted by atomic mass is 10.2. The van der Waals surface area contributed by atoms with Crippen LogP contribution in [0.3, 0.4) is 0 Å². The van der Waals surface area contributed by atoms with E-state index >= 15 is 0 Å². The van der Waals surface area contributed by atoms with E-state index in [-0.39, 0.29) is 0 Å². The number of hydrogen-bond acceptors (Lipinski definition) is 3. The van der Waals surface area contributed by atoms with Crippen LogP contribution in [0.4, 0.5) is 5.82 Å². The number of aromatic nitrogens is 4. The fourth-order valence-corrected chi connectivity index (χ4v) is 2.08. The van der Waals surface area contributed by atoms with E-state index in [0.29, 0.717) is 5.82 Å². The van der Waals surface area contributed by atoms with E-state index in [1.165, 1.54) is 0 Å². The van der Waals surface area contributed by atoms with Crippen molar-refractivity contribution in [3.05, 3.63) is 48.3 Å². The van der Waals surface area contributed by atoms with Gasteiger partial charge in [-0.2, -0.15) is 5.10 Å². The maximum Gasteiger partial charge on any atom is 0.160 e. The Hall–Kier alpha value is -2.56. The fraction of sp³-hybridized carbons (Fsp3) is 0.143. The summed E-state index contributed by atoms with van der Waals surface area (Å²) < 4.78 is 3.68. The summed E-state index contributed by atoms with van der Waals surface area (Å²) in [6, 6.07) is 9.85. The second kappa shape index (κ2) is 4.28. The summed E-state index contributed by atoms with van der Waals surface area (Å²) in [6.45, 7) is 1.96. The number of nitrogen functional groups attached to an aromatic ring is 1. The van der Waals surface area contributed by atoms with E-state index < -0.39 is 0 Å². The molecule has 0 aliphatic carbocycles. The van der Waals surface area contributed by atoms with Gasteiger partial charge in [0, 0.05) is 25.0 Å². The molecule has 3 aromatic rings. The van der Waals surface area contributed by atoms with Crippen LogP contribution in [0, 0.1) is 6.92 Å². The van der Waals surface area contributed by atoms with Crippen LogP contribution in [0.1, 0.15) is 5.56 Å². The summed E-state index contributed by atoms with van der Waals surface area (Å²) in [7, 11) is 1.94. The monoisotopic (exact) mass is 253 g/mol. The van der Waals surface area contributed by atoms with Gasteiger partial charge in [-0.05, 0) is 19.1 Å².